The van der Waals surface area contributed by atoms with E-state index in [-0.39, 0.29) is 31.1 Å². The molecule has 0 aliphatic rings. The molecule has 0 N–H and O–H groups in total. The van der Waals surface area contributed by atoms with Gasteiger partial charge in [-0.1, -0.05) is 248 Å². The Morgan fingerprint density at radius 2 is 0.529 bits per heavy atom. The minimum Gasteiger partial charge on any atom is -0.462 e. The second kappa shape index (κ2) is 56.7. The molecule has 0 aromatic carbocycles. The molecule has 0 amide bonds. The van der Waals surface area contributed by atoms with Crippen molar-refractivity contribution in [1.82, 2.24) is 0 Å². The fourth-order valence-corrected chi connectivity index (χ4v) is 8.30. The van der Waals surface area contributed by atoms with Gasteiger partial charge >= 0.3 is 17.9 Å². The van der Waals surface area contributed by atoms with E-state index in [4.69, 9.17) is 14.2 Å². The van der Waals surface area contributed by atoms with Crippen LogP contribution in [-0.2, 0) is 28.6 Å². The van der Waals surface area contributed by atoms with Crippen molar-refractivity contribution < 1.29 is 28.6 Å². The van der Waals surface area contributed by atoms with Gasteiger partial charge in [-0.25, -0.2) is 0 Å². The average Bonchev–Trinajstić information content (AvgIpc) is 3.34. The van der Waals surface area contributed by atoms with Crippen LogP contribution in [0.2, 0.25) is 0 Å². The molecule has 0 aromatic heterocycles. The summed E-state index contributed by atoms with van der Waals surface area (Å²) in [7, 11) is 0. The smallest absolute Gasteiger partial charge is 0.306 e. The largest absolute Gasteiger partial charge is 0.462 e. The predicted octanol–water partition coefficient (Wildman–Crippen LogP) is 19.6. The van der Waals surface area contributed by atoms with Gasteiger partial charge in [0.2, 0.25) is 0 Å². The van der Waals surface area contributed by atoms with Gasteiger partial charge < -0.3 is 14.2 Å². The van der Waals surface area contributed by atoms with E-state index in [1.54, 1.807) is 0 Å². The Balaban J connectivity index is 4.40. The number of allylic oxidation sites excluding steroid dienone is 10. The Hall–Kier alpha value is -2.89. The van der Waals surface area contributed by atoms with Crippen LogP contribution in [0.3, 0.4) is 0 Å². The van der Waals surface area contributed by atoms with Crippen LogP contribution in [0, 0.1) is 0 Å². The molecule has 0 bridgehead atoms. The van der Waals surface area contributed by atoms with Gasteiger partial charge in [0, 0.05) is 19.3 Å². The Morgan fingerprint density at radius 3 is 0.897 bits per heavy atom. The van der Waals surface area contributed by atoms with Crippen molar-refractivity contribution in [3.63, 3.8) is 0 Å². The summed E-state index contributed by atoms with van der Waals surface area (Å²) in [5.41, 5.74) is 0. The zero-order valence-electron chi connectivity index (χ0n) is 45.1. The minimum absolute atomic E-state index is 0.0865. The summed E-state index contributed by atoms with van der Waals surface area (Å²) in [6, 6.07) is 0. The first-order valence-electron chi connectivity index (χ1n) is 29.3. The van der Waals surface area contributed by atoms with Gasteiger partial charge in [-0.05, 0) is 89.9 Å². The number of carbonyl (C=O) groups excluding carboxylic acids is 3. The molecule has 6 nitrogen and oxygen atoms in total. The van der Waals surface area contributed by atoms with Crippen molar-refractivity contribution in [2.45, 2.75) is 303 Å². The third-order valence-electron chi connectivity index (χ3n) is 12.7. The second-order valence-corrected chi connectivity index (χ2v) is 19.6. The maximum atomic E-state index is 12.9. The highest BCUT2D eigenvalue weighted by atomic mass is 16.6. The van der Waals surface area contributed by atoms with Gasteiger partial charge in [0.05, 0.1) is 0 Å². The van der Waals surface area contributed by atoms with Gasteiger partial charge in [-0.15, -0.1) is 0 Å². The molecule has 0 unspecified atom stereocenters. The lowest BCUT2D eigenvalue weighted by Gasteiger charge is -2.18. The van der Waals surface area contributed by atoms with Crippen molar-refractivity contribution in [2.75, 3.05) is 13.2 Å². The molecule has 0 rings (SSSR count). The number of esters is 3. The zero-order chi connectivity index (χ0) is 49.3. The monoisotopic (exact) mass is 951 g/mol. The molecule has 6 heteroatoms. The lowest BCUT2D eigenvalue weighted by molar-refractivity contribution is -0.167. The van der Waals surface area contributed by atoms with Crippen LogP contribution in [0.5, 0.6) is 0 Å². The first kappa shape index (κ1) is 65.1. The lowest BCUT2D eigenvalue weighted by atomic mass is 10.0. The Kier molecular flexibility index (Phi) is 54.3. The summed E-state index contributed by atoms with van der Waals surface area (Å²) < 4.78 is 16.8. The maximum absolute atomic E-state index is 12.9. The van der Waals surface area contributed by atoms with Gasteiger partial charge in [0.25, 0.3) is 0 Å². The molecule has 1 atom stereocenters. The number of rotatable bonds is 53. The molecule has 0 heterocycles. The van der Waals surface area contributed by atoms with Crippen molar-refractivity contribution in [1.29, 1.82) is 0 Å². The molecule has 0 aliphatic heterocycles. The fraction of sp³-hybridized carbons (Fsp3) is 0.790. The molecule has 0 saturated heterocycles. The molecule has 0 saturated carbocycles. The molecule has 0 radical (unpaired) electrons. The van der Waals surface area contributed by atoms with Crippen LogP contribution < -0.4 is 0 Å². The summed E-state index contributed by atoms with van der Waals surface area (Å²) in [4.78, 5) is 38.1. The number of carbonyl (C=O) groups is 3. The highest BCUT2D eigenvalue weighted by Crippen LogP contribution is 2.16. The fourth-order valence-electron chi connectivity index (χ4n) is 8.30. The molecule has 0 spiro atoms. The average molecular weight is 952 g/mol. The molecule has 68 heavy (non-hydrogen) atoms. The van der Waals surface area contributed by atoms with Crippen LogP contribution >= 0.6 is 0 Å². The number of hydrogen-bond donors (Lipinski definition) is 0. The summed E-state index contributed by atoms with van der Waals surface area (Å²) in [6.45, 7) is 6.59. The van der Waals surface area contributed by atoms with Crippen molar-refractivity contribution in [3.05, 3.63) is 60.8 Å². The Morgan fingerprint density at radius 1 is 0.294 bits per heavy atom. The highest BCUT2D eigenvalue weighted by Gasteiger charge is 2.19. The van der Waals surface area contributed by atoms with Gasteiger partial charge in [-0.2, -0.15) is 0 Å². The summed E-state index contributed by atoms with van der Waals surface area (Å²) in [5, 5.41) is 0. The van der Waals surface area contributed by atoms with Crippen LogP contribution in [0.25, 0.3) is 0 Å². The summed E-state index contributed by atoms with van der Waals surface area (Å²) >= 11 is 0. The SMILES string of the molecule is CCCCC/C=C\C/C=C\C/C=C\C/C=C\CCCCCC(=O)OC[C@@H](COC(=O)CCCCCCC/C=C\CCCCCC)OC(=O)CCCCCCCCCCCCCCCCCCCC. The van der Waals surface area contributed by atoms with E-state index in [0.29, 0.717) is 19.3 Å². The van der Waals surface area contributed by atoms with E-state index >= 15 is 0 Å². The van der Waals surface area contributed by atoms with E-state index in [2.05, 4.69) is 81.5 Å². The van der Waals surface area contributed by atoms with Crippen LogP contribution in [0.15, 0.2) is 60.8 Å². The van der Waals surface area contributed by atoms with E-state index in [9.17, 15) is 14.4 Å². The number of ether oxygens (including phenoxy) is 3. The number of hydrogen-bond acceptors (Lipinski definition) is 6. The molecular formula is C62H110O6. The van der Waals surface area contributed by atoms with Crippen LogP contribution in [0.4, 0.5) is 0 Å². The summed E-state index contributed by atoms with van der Waals surface area (Å²) in [5.74, 6) is -0.913. The lowest BCUT2D eigenvalue weighted by Crippen LogP contribution is -2.30. The van der Waals surface area contributed by atoms with E-state index < -0.39 is 6.10 Å². The third-order valence-corrected chi connectivity index (χ3v) is 12.7. The van der Waals surface area contributed by atoms with E-state index in [1.165, 1.54) is 167 Å². The quantitative estimate of drug-likeness (QED) is 0.0262. The zero-order valence-corrected chi connectivity index (χ0v) is 45.1. The normalized spacial score (nSPS) is 12.5. The van der Waals surface area contributed by atoms with E-state index in [0.717, 1.165) is 89.9 Å². The van der Waals surface area contributed by atoms with E-state index in [1.807, 2.05) is 0 Å². The van der Waals surface area contributed by atoms with Gasteiger partial charge in [-0.3, -0.25) is 14.4 Å². The van der Waals surface area contributed by atoms with Crippen molar-refractivity contribution in [2.24, 2.45) is 0 Å². The summed E-state index contributed by atoms with van der Waals surface area (Å²) in [6.07, 6.45) is 70.7. The topological polar surface area (TPSA) is 78.9 Å². The molecule has 394 valence electrons. The first-order chi connectivity index (χ1) is 33.5. The Labute approximate surface area is 421 Å². The standard InChI is InChI=1S/C62H110O6/c1-4-7-10-13-16-19-22-25-27-29-31-33-34-37-40-43-46-49-52-55-61(64)67-58-59(57-66-60(63)54-51-48-45-42-39-36-24-21-18-15-12-9-6-3)68-62(65)56-53-50-47-44-41-38-35-32-30-28-26-23-20-17-14-11-8-5-2/h16,19,21,24-25,27,31,33,37,40,59H,4-15,17-18,20,22-23,26,28-30,32,34-36,38-39,41-58H2,1-3H3/b19-16-,24-21-,27-25-,33-31-,40-37-/t59-/m1/s1. The van der Waals surface area contributed by atoms with Crippen LogP contribution in [-0.4, -0.2) is 37.2 Å². The van der Waals surface area contributed by atoms with Crippen molar-refractivity contribution in [3.8, 4) is 0 Å². The Bertz CT molecular complexity index is 1230. The molecule has 0 aliphatic carbocycles. The van der Waals surface area contributed by atoms with Gasteiger partial charge in [0.15, 0.2) is 6.10 Å². The molecule has 0 fully saturated rings. The number of unbranched alkanes of at least 4 members (excludes halogenated alkanes) is 32. The predicted molar refractivity (Wildman–Crippen MR) is 293 cm³/mol. The maximum Gasteiger partial charge on any atom is 0.306 e. The minimum atomic E-state index is -0.789. The highest BCUT2D eigenvalue weighted by molar-refractivity contribution is 5.71. The first-order valence-corrected chi connectivity index (χ1v) is 29.3. The van der Waals surface area contributed by atoms with Crippen molar-refractivity contribution >= 4 is 17.9 Å². The second-order valence-electron chi connectivity index (χ2n) is 19.6. The van der Waals surface area contributed by atoms with Gasteiger partial charge in [0.1, 0.15) is 13.2 Å². The molecule has 0 aromatic rings. The van der Waals surface area contributed by atoms with Crippen LogP contribution in [0.1, 0.15) is 297 Å². The third kappa shape index (κ3) is 54.1. The molecular weight excluding hydrogens is 841 g/mol.